The SMILES string of the molecule is CN1CCCN(C(=O)NCc2ccc(C(=O)O)nc2)CC1. The fraction of sp³-hybridized carbons (Fsp3) is 0.500. The maximum absolute atomic E-state index is 12.1. The van der Waals surface area contributed by atoms with Crippen molar-refractivity contribution in [3.8, 4) is 0 Å². The number of nitrogens with zero attached hydrogens (tertiary/aromatic N) is 3. The average Bonchev–Trinajstić information content (AvgIpc) is 2.70. The summed E-state index contributed by atoms with van der Waals surface area (Å²) in [6.45, 7) is 3.70. The molecule has 1 saturated heterocycles. The van der Waals surface area contributed by atoms with Crippen molar-refractivity contribution in [1.82, 2.24) is 20.1 Å². The van der Waals surface area contributed by atoms with Crippen LogP contribution in [0.4, 0.5) is 4.79 Å². The summed E-state index contributed by atoms with van der Waals surface area (Å²) in [6.07, 6.45) is 2.44. The predicted molar refractivity (Wildman–Crippen MR) is 77.1 cm³/mol. The van der Waals surface area contributed by atoms with Gasteiger partial charge in [-0.05, 0) is 31.6 Å². The molecule has 7 nitrogen and oxygen atoms in total. The third-order valence-corrected chi connectivity index (χ3v) is 3.49. The molecule has 0 radical (unpaired) electrons. The second kappa shape index (κ2) is 7.03. The number of carboxylic acids is 1. The quantitative estimate of drug-likeness (QED) is 0.853. The highest BCUT2D eigenvalue weighted by Crippen LogP contribution is 2.03. The second-order valence-corrected chi connectivity index (χ2v) is 5.16. The molecule has 1 fully saturated rings. The van der Waals surface area contributed by atoms with E-state index in [9.17, 15) is 9.59 Å². The van der Waals surface area contributed by atoms with Crippen LogP contribution in [0.5, 0.6) is 0 Å². The Morgan fingerprint density at radius 3 is 2.76 bits per heavy atom. The Bertz CT molecular complexity index is 503. The van der Waals surface area contributed by atoms with E-state index in [0.29, 0.717) is 6.54 Å². The minimum Gasteiger partial charge on any atom is -0.477 e. The maximum atomic E-state index is 12.1. The largest absolute Gasteiger partial charge is 0.477 e. The van der Waals surface area contributed by atoms with E-state index in [-0.39, 0.29) is 11.7 Å². The number of pyridine rings is 1. The zero-order valence-electron chi connectivity index (χ0n) is 12.1. The Balaban J connectivity index is 1.84. The van der Waals surface area contributed by atoms with E-state index in [0.717, 1.165) is 38.2 Å². The van der Waals surface area contributed by atoms with Gasteiger partial charge < -0.3 is 20.2 Å². The minimum absolute atomic E-state index is 0.000585. The maximum Gasteiger partial charge on any atom is 0.354 e. The highest BCUT2D eigenvalue weighted by Gasteiger charge is 2.16. The molecular formula is C14H20N4O3. The lowest BCUT2D eigenvalue weighted by Gasteiger charge is -2.21. The monoisotopic (exact) mass is 292 g/mol. The van der Waals surface area contributed by atoms with E-state index in [2.05, 4.69) is 22.2 Å². The molecule has 7 heteroatoms. The topological polar surface area (TPSA) is 85.8 Å². The third kappa shape index (κ3) is 4.42. The lowest BCUT2D eigenvalue weighted by atomic mass is 10.2. The summed E-state index contributed by atoms with van der Waals surface area (Å²) in [5.41, 5.74) is 0.779. The third-order valence-electron chi connectivity index (χ3n) is 3.49. The van der Waals surface area contributed by atoms with Gasteiger partial charge in [0, 0.05) is 32.4 Å². The van der Waals surface area contributed by atoms with E-state index >= 15 is 0 Å². The number of rotatable bonds is 3. The number of carbonyl (C=O) groups excluding carboxylic acids is 1. The molecule has 0 unspecified atom stereocenters. The fourth-order valence-electron chi connectivity index (χ4n) is 2.19. The molecule has 1 aliphatic rings. The summed E-state index contributed by atoms with van der Waals surface area (Å²) in [5.74, 6) is -1.06. The molecular weight excluding hydrogens is 272 g/mol. The van der Waals surface area contributed by atoms with Crippen LogP contribution in [0.15, 0.2) is 18.3 Å². The number of hydrogen-bond donors (Lipinski definition) is 2. The van der Waals surface area contributed by atoms with Crippen LogP contribution >= 0.6 is 0 Å². The van der Waals surface area contributed by atoms with Gasteiger partial charge in [-0.3, -0.25) is 0 Å². The van der Waals surface area contributed by atoms with Gasteiger partial charge in [0.15, 0.2) is 0 Å². The summed E-state index contributed by atoms with van der Waals surface area (Å²) < 4.78 is 0. The summed E-state index contributed by atoms with van der Waals surface area (Å²) in [7, 11) is 2.05. The van der Waals surface area contributed by atoms with Crippen molar-refractivity contribution in [2.45, 2.75) is 13.0 Å². The Labute approximate surface area is 123 Å². The molecule has 114 valence electrons. The standard InChI is InChI=1S/C14H20N4O3/c1-17-5-2-6-18(8-7-17)14(21)16-10-11-3-4-12(13(19)20)15-9-11/h3-4,9H,2,5-8,10H2,1H3,(H,16,21)(H,19,20). The number of carbonyl (C=O) groups is 2. The Kier molecular flexibility index (Phi) is 5.10. The zero-order chi connectivity index (χ0) is 15.2. The Morgan fingerprint density at radius 1 is 1.29 bits per heavy atom. The number of hydrogen-bond acceptors (Lipinski definition) is 4. The number of aromatic carboxylic acids is 1. The van der Waals surface area contributed by atoms with Crippen LogP contribution in [0.3, 0.4) is 0 Å². The first-order valence-corrected chi connectivity index (χ1v) is 6.96. The van der Waals surface area contributed by atoms with Gasteiger partial charge in [0.05, 0.1) is 0 Å². The highest BCUT2D eigenvalue weighted by molar-refractivity contribution is 5.85. The molecule has 2 rings (SSSR count). The van der Waals surface area contributed by atoms with Crippen molar-refractivity contribution in [3.05, 3.63) is 29.6 Å². The van der Waals surface area contributed by atoms with Crippen molar-refractivity contribution in [1.29, 1.82) is 0 Å². The van der Waals surface area contributed by atoms with Crippen molar-refractivity contribution < 1.29 is 14.7 Å². The van der Waals surface area contributed by atoms with Crippen molar-refractivity contribution >= 4 is 12.0 Å². The van der Waals surface area contributed by atoms with Crippen LogP contribution in [0.25, 0.3) is 0 Å². The average molecular weight is 292 g/mol. The summed E-state index contributed by atoms with van der Waals surface area (Å²) in [4.78, 5) is 30.6. The smallest absolute Gasteiger partial charge is 0.354 e. The lowest BCUT2D eigenvalue weighted by Crippen LogP contribution is -2.41. The number of amides is 2. The lowest BCUT2D eigenvalue weighted by molar-refractivity contribution is 0.0690. The van der Waals surface area contributed by atoms with Gasteiger partial charge in [0.1, 0.15) is 5.69 Å². The van der Waals surface area contributed by atoms with Gasteiger partial charge >= 0.3 is 12.0 Å². The van der Waals surface area contributed by atoms with Crippen LogP contribution in [-0.2, 0) is 6.54 Å². The molecule has 1 aliphatic heterocycles. The molecule has 1 aromatic rings. The number of likely N-dealkylation sites (N-methyl/N-ethyl adjacent to an activating group) is 1. The fourth-order valence-corrected chi connectivity index (χ4v) is 2.19. The molecule has 0 atom stereocenters. The summed E-state index contributed by atoms with van der Waals surface area (Å²) in [5, 5.41) is 11.6. The van der Waals surface area contributed by atoms with E-state index in [1.54, 1.807) is 6.07 Å². The highest BCUT2D eigenvalue weighted by atomic mass is 16.4. The van der Waals surface area contributed by atoms with E-state index in [1.165, 1.54) is 12.3 Å². The van der Waals surface area contributed by atoms with Gasteiger partial charge in [0.2, 0.25) is 0 Å². The molecule has 21 heavy (non-hydrogen) atoms. The Morgan fingerprint density at radius 2 is 2.10 bits per heavy atom. The molecule has 0 spiro atoms. The molecule has 2 heterocycles. The first-order valence-electron chi connectivity index (χ1n) is 6.96. The second-order valence-electron chi connectivity index (χ2n) is 5.16. The van der Waals surface area contributed by atoms with Gasteiger partial charge in [-0.25, -0.2) is 14.6 Å². The van der Waals surface area contributed by atoms with Crippen LogP contribution in [0.2, 0.25) is 0 Å². The molecule has 2 amide bonds. The Hall–Kier alpha value is -2.15. The van der Waals surface area contributed by atoms with E-state index < -0.39 is 5.97 Å². The summed E-state index contributed by atoms with van der Waals surface area (Å²) >= 11 is 0. The summed E-state index contributed by atoms with van der Waals surface area (Å²) in [6, 6.07) is 3.00. The zero-order valence-corrected chi connectivity index (χ0v) is 12.1. The normalized spacial score (nSPS) is 16.3. The van der Waals surface area contributed by atoms with Crippen molar-refractivity contribution in [3.63, 3.8) is 0 Å². The van der Waals surface area contributed by atoms with Crippen LogP contribution in [0.1, 0.15) is 22.5 Å². The van der Waals surface area contributed by atoms with E-state index in [4.69, 9.17) is 5.11 Å². The first kappa shape index (κ1) is 15.2. The van der Waals surface area contributed by atoms with Crippen LogP contribution in [-0.4, -0.2) is 65.1 Å². The molecule has 0 saturated carbocycles. The number of nitrogens with one attached hydrogen (secondary N) is 1. The molecule has 0 aliphatic carbocycles. The van der Waals surface area contributed by atoms with Crippen molar-refractivity contribution in [2.75, 3.05) is 33.2 Å². The van der Waals surface area contributed by atoms with Gasteiger partial charge in [0.25, 0.3) is 0 Å². The van der Waals surface area contributed by atoms with Gasteiger partial charge in [-0.2, -0.15) is 0 Å². The first-order chi connectivity index (χ1) is 10.1. The molecule has 2 N–H and O–H groups in total. The molecule has 0 bridgehead atoms. The van der Waals surface area contributed by atoms with Gasteiger partial charge in [-0.15, -0.1) is 0 Å². The number of aromatic nitrogens is 1. The minimum atomic E-state index is -1.06. The van der Waals surface area contributed by atoms with E-state index in [1.807, 2.05) is 4.90 Å². The van der Waals surface area contributed by atoms with Crippen LogP contribution in [0, 0.1) is 0 Å². The molecule has 1 aromatic heterocycles. The van der Waals surface area contributed by atoms with Crippen LogP contribution < -0.4 is 5.32 Å². The van der Waals surface area contributed by atoms with Crippen molar-refractivity contribution in [2.24, 2.45) is 0 Å². The van der Waals surface area contributed by atoms with Gasteiger partial charge in [-0.1, -0.05) is 6.07 Å². The molecule has 0 aromatic carbocycles. The number of urea groups is 1. The number of carboxylic acid groups (broad SMARTS) is 1. The predicted octanol–water partition coefficient (Wildman–Crippen LogP) is 0.627.